The molecule has 2 aromatic rings. The summed E-state index contributed by atoms with van der Waals surface area (Å²) < 4.78 is 28.8. The number of carbonyl (C=O) groups excluding carboxylic acids is 1. The summed E-state index contributed by atoms with van der Waals surface area (Å²) in [6, 6.07) is 9.94. The number of carboxylic acid groups (broad SMARTS) is 1. The van der Waals surface area contributed by atoms with Crippen LogP contribution in [0.2, 0.25) is 0 Å². The number of nitrogens with one attached hydrogen (secondary N) is 1. The Morgan fingerprint density at radius 2 is 1.88 bits per heavy atom. The molecule has 1 aliphatic rings. The van der Waals surface area contributed by atoms with E-state index in [1.807, 2.05) is 20.8 Å². The summed E-state index contributed by atoms with van der Waals surface area (Å²) in [4.78, 5) is 23.6. The molecule has 11 heteroatoms. The lowest BCUT2D eigenvalue weighted by atomic mass is 10.1. The maximum absolute atomic E-state index is 12.5. The van der Waals surface area contributed by atoms with Gasteiger partial charge in [0.25, 0.3) is 10.0 Å². The smallest absolute Gasteiger partial charge is 0.335 e. The molecule has 3 rings (SSSR count). The highest BCUT2D eigenvalue weighted by molar-refractivity contribution is 7.90. The number of hydrogen-bond acceptors (Lipinski definition) is 7. The SMILES string of the molecule is CC(C)(C)NC(=O)CCN(/N=C\c1cc(C(=O)O)ccc1O)C1=NS(=O)(=O)c2ccccc21. The standard InChI is InChI=1S/C22H24N4O6S/c1-22(2,3)24-19(28)10-11-26(20-16-6-4-5-7-18(16)33(31,32)25-20)23-13-15-12-14(21(29)30)8-9-17(15)27/h4-9,12-13,27H,10-11H2,1-3H3,(H,24,28)(H,29,30)/b23-13-. The van der Waals surface area contributed by atoms with Crippen LogP contribution in [-0.2, 0) is 14.8 Å². The number of amides is 1. The summed E-state index contributed by atoms with van der Waals surface area (Å²) in [5.41, 5.74) is -0.0747. The molecule has 1 aliphatic heterocycles. The van der Waals surface area contributed by atoms with Crippen molar-refractivity contribution in [3.63, 3.8) is 0 Å². The van der Waals surface area contributed by atoms with Crippen LogP contribution in [0.25, 0.3) is 0 Å². The van der Waals surface area contributed by atoms with Crippen LogP contribution in [0.1, 0.15) is 48.7 Å². The number of carbonyl (C=O) groups is 2. The van der Waals surface area contributed by atoms with E-state index < -0.39 is 21.5 Å². The summed E-state index contributed by atoms with van der Waals surface area (Å²) >= 11 is 0. The average Bonchev–Trinajstić information content (AvgIpc) is 2.99. The van der Waals surface area contributed by atoms with Crippen LogP contribution in [0.5, 0.6) is 5.75 Å². The zero-order valence-electron chi connectivity index (χ0n) is 18.3. The topological polar surface area (TPSA) is 149 Å². The molecule has 0 fully saturated rings. The number of phenols is 1. The predicted molar refractivity (Wildman–Crippen MR) is 122 cm³/mol. The molecular weight excluding hydrogens is 448 g/mol. The Kier molecular flexibility index (Phi) is 6.54. The van der Waals surface area contributed by atoms with Crippen LogP contribution in [0, 0.1) is 0 Å². The van der Waals surface area contributed by atoms with E-state index in [2.05, 4.69) is 14.8 Å². The molecule has 1 heterocycles. The molecule has 3 N–H and O–H groups in total. The average molecular weight is 473 g/mol. The highest BCUT2D eigenvalue weighted by Gasteiger charge is 2.32. The first-order valence-electron chi connectivity index (χ1n) is 10.0. The van der Waals surface area contributed by atoms with Gasteiger partial charge in [-0.05, 0) is 51.1 Å². The summed E-state index contributed by atoms with van der Waals surface area (Å²) in [5.74, 6) is -1.64. The van der Waals surface area contributed by atoms with E-state index in [0.29, 0.717) is 5.56 Å². The molecule has 0 unspecified atom stereocenters. The minimum atomic E-state index is -3.93. The van der Waals surface area contributed by atoms with Crippen molar-refractivity contribution < 1.29 is 28.2 Å². The number of hydrogen-bond donors (Lipinski definition) is 3. The van der Waals surface area contributed by atoms with Gasteiger partial charge in [-0.15, -0.1) is 4.40 Å². The number of nitrogens with zero attached hydrogens (tertiary/aromatic N) is 3. The Labute approximate surface area is 191 Å². The number of aromatic carboxylic acids is 1. The third-order valence-corrected chi connectivity index (χ3v) is 5.86. The largest absolute Gasteiger partial charge is 0.507 e. The Bertz CT molecular complexity index is 1260. The second kappa shape index (κ2) is 9.02. The molecule has 0 saturated heterocycles. The highest BCUT2D eigenvalue weighted by atomic mass is 32.2. The van der Waals surface area contributed by atoms with Crippen LogP contribution in [0.15, 0.2) is 56.9 Å². The van der Waals surface area contributed by atoms with Gasteiger partial charge in [-0.25, -0.2) is 9.80 Å². The van der Waals surface area contributed by atoms with E-state index in [1.54, 1.807) is 18.2 Å². The Hall–Kier alpha value is -3.73. The van der Waals surface area contributed by atoms with E-state index in [-0.39, 0.29) is 46.5 Å². The van der Waals surface area contributed by atoms with Gasteiger partial charge in [0.15, 0.2) is 5.84 Å². The third kappa shape index (κ3) is 5.75. The first-order valence-corrected chi connectivity index (χ1v) is 11.4. The molecule has 0 bridgehead atoms. The molecule has 1 amide bonds. The van der Waals surface area contributed by atoms with Crippen molar-refractivity contribution in [2.45, 2.75) is 37.6 Å². The maximum Gasteiger partial charge on any atom is 0.335 e. The second-order valence-electron chi connectivity index (χ2n) is 8.38. The maximum atomic E-state index is 12.5. The predicted octanol–water partition coefficient (Wildman–Crippen LogP) is 2.18. The van der Waals surface area contributed by atoms with Crippen LogP contribution in [-0.4, -0.2) is 59.7 Å². The molecule has 174 valence electrons. The number of amidine groups is 1. The molecule has 0 atom stereocenters. The Balaban J connectivity index is 1.97. The molecule has 0 aliphatic carbocycles. The molecular formula is C22H24N4O6S. The van der Waals surface area contributed by atoms with E-state index in [4.69, 9.17) is 0 Å². The lowest BCUT2D eigenvalue weighted by Gasteiger charge is -2.22. The van der Waals surface area contributed by atoms with Crippen LogP contribution >= 0.6 is 0 Å². The number of phenolic OH excluding ortho intramolecular Hbond substituents is 1. The number of rotatable bonds is 6. The zero-order valence-corrected chi connectivity index (χ0v) is 19.1. The van der Waals surface area contributed by atoms with Crippen molar-refractivity contribution in [1.29, 1.82) is 0 Å². The van der Waals surface area contributed by atoms with Crippen molar-refractivity contribution in [2.24, 2.45) is 9.50 Å². The molecule has 0 saturated carbocycles. The van der Waals surface area contributed by atoms with Gasteiger partial charge in [0.1, 0.15) is 10.6 Å². The normalized spacial score (nSPS) is 14.6. The highest BCUT2D eigenvalue weighted by Crippen LogP contribution is 2.28. The number of hydrazone groups is 1. The Morgan fingerprint density at radius 1 is 1.18 bits per heavy atom. The van der Waals surface area contributed by atoms with Crippen molar-refractivity contribution in [1.82, 2.24) is 10.3 Å². The number of sulfonamides is 1. The van der Waals surface area contributed by atoms with Gasteiger partial charge in [-0.2, -0.15) is 13.5 Å². The van der Waals surface area contributed by atoms with E-state index >= 15 is 0 Å². The lowest BCUT2D eigenvalue weighted by Crippen LogP contribution is -2.42. The van der Waals surface area contributed by atoms with Crippen molar-refractivity contribution in [3.8, 4) is 5.75 Å². The Morgan fingerprint density at radius 3 is 2.55 bits per heavy atom. The number of benzene rings is 2. The van der Waals surface area contributed by atoms with Gasteiger partial charge in [0.2, 0.25) is 5.91 Å². The summed E-state index contributed by atoms with van der Waals surface area (Å²) in [7, 11) is -3.93. The second-order valence-corrected chi connectivity index (χ2v) is 9.95. The molecule has 0 aromatic heterocycles. The number of fused-ring (bicyclic) bond motifs is 1. The van der Waals surface area contributed by atoms with Crippen LogP contribution in [0.3, 0.4) is 0 Å². The molecule has 33 heavy (non-hydrogen) atoms. The van der Waals surface area contributed by atoms with Crippen molar-refractivity contribution >= 4 is 33.9 Å². The molecule has 0 spiro atoms. The fourth-order valence-corrected chi connectivity index (χ4v) is 4.31. The van der Waals surface area contributed by atoms with Gasteiger partial charge in [-0.1, -0.05) is 12.1 Å². The lowest BCUT2D eigenvalue weighted by molar-refractivity contribution is -0.122. The van der Waals surface area contributed by atoms with Gasteiger partial charge < -0.3 is 15.5 Å². The number of carboxylic acids is 1. The minimum absolute atomic E-state index is 0.0134. The van der Waals surface area contributed by atoms with Gasteiger partial charge >= 0.3 is 5.97 Å². The van der Waals surface area contributed by atoms with Gasteiger partial charge in [-0.3, -0.25) is 4.79 Å². The summed E-state index contributed by atoms with van der Waals surface area (Å²) in [6.07, 6.45) is 1.18. The van der Waals surface area contributed by atoms with Gasteiger partial charge in [0.05, 0.1) is 18.3 Å². The van der Waals surface area contributed by atoms with Crippen molar-refractivity contribution in [2.75, 3.05) is 6.54 Å². The monoisotopic (exact) mass is 472 g/mol. The molecule has 2 aromatic carbocycles. The summed E-state index contributed by atoms with van der Waals surface area (Å²) in [6.45, 7) is 5.50. The summed E-state index contributed by atoms with van der Waals surface area (Å²) in [5, 5.41) is 27.6. The molecule has 0 radical (unpaired) electrons. The fraction of sp³-hybridized carbons (Fsp3) is 0.273. The van der Waals surface area contributed by atoms with Crippen molar-refractivity contribution in [3.05, 3.63) is 59.2 Å². The third-order valence-electron chi connectivity index (χ3n) is 4.53. The van der Waals surface area contributed by atoms with E-state index in [1.165, 1.54) is 35.5 Å². The fourth-order valence-electron chi connectivity index (χ4n) is 3.10. The quantitative estimate of drug-likeness (QED) is 0.431. The van der Waals surface area contributed by atoms with Crippen LogP contribution < -0.4 is 5.32 Å². The van der Waals surface area contributed by atoms with Gasteiger partial charge in [0, 0.05) is 23.1 Å². The zero-order chi connectivity index (χ0) is 24.4. The van der Waals surface area contributed by atoms with E-state index in [9.17, 15) is 28.2 Å². The number of aromatic hydroxyl groups is 1. The van der Waals surface area contributed by atoms with Crippen LogP contribution in [0.4, 0.5) is 0 Å². The first-order chi connectivity index (χ1) is 15.4. The minimum Gasteiger partial charge on any atom is -0.507 e. The van der Waals surface area contributed by atoms with E-state index in [0.717, 1.165) is 0 Å². The molecule has 10 nitrogen and oxygen atoms in total. The first kappa shape index (κ1) is 23.9.